The van der Waals surface area contributed by atoms with Crippen LogP contribution < -0.4 is 4.52 Å². The number of hydrogen-bond donors (Lipinski definition) is 0. The average molecular weight is 272 g/mol. The minimum atomic E-state index is -3.49. The van der Waals surface area contributed by atoms with Crippen molar-refractivity contribution in [2.24, 2.45) is 0 Å². The summed E-state index contributed by atoms with van der Waals surface area (Å²) in [6, 6.07) is 7.29. The summed E-state index contributed by atoms with van der Waals surface area (Å²) < 4.78 is 28.1. The Hall–Kier alpha value is -0.830. The molecule has 0 radical (unpaired) electrons. The van der Waals surface area contributed by atoms with Gasteiger partial charge in [-0.2, -0.15) is 0 Å². The Labute approximate surface area is 109 Å². The number of phosphoric ester groups is 1. The highest BCUT2D eigenvalue weighted by Crippen LogP contribution is 2.49. The van der Waals surface area contributed by atoms with E-state index in [4.69, 9.17) is 13.6 Å². The van der Waals surface area contributed by atoms with E-state index >= 15 is 0 Å². The van der Waals surface area contributed by atoms with Gasteiger partial charge >= 0.3 is 7.82 Å². The van der Waals surface area contributed by atoms with E-state index < -0.39 is 7.82 Å². The van der Waals surface area contributed by atoms with E-state index in [9.17, 15) is 4.57 Å². The van der Waals surface area contributed by atoms with Gasteiger partial charge in [0, 0.05) is 0 Å². The molecule has 0 fully saturated rings. The molecule has 18 heavy (non-hydrogen) atoms. The highest BCUT2D eigenvalue weighted by molar-refractivity contribution is 7.48. The predicted octanol–water partition coefficient (Wildman–Crippen LogP) is 4.34. The SMILES string of the molecule is CCCOP(=O)(OCCC)Oc1ccc(C)cc1. The summed E-state index contributed by atoms with van der Waals surface area (Å²) in [6.45, 7) is 6.57. The maximum Gasteiger partial charge on any atom is 0.530 e. The molecule has 0 atom stereocenters. The van der Waals surface area contributed by atoms with Gasteiger partial charge in [0.15, 0.2) is 0 Å². The molecule has 0 heterocycles. The number of aryl methyl sites for hydroxylation is 1. The van der Waals surface area contributed by atoms with Crippen molar-refractivity contribution < 1.29 is 18.1 Å². The molecular weight excluding hydrogens is 251 g/mol. The van der Waals surface area contributed by atoms with E-state index in [1.807, 2.05) is 32.9 Å². The Balaban J connectivity index is 2.70. The lowest BCUT2D eigenvalue weighted by Gasteiger charge is -2.18. The molecule has 0 N–H and O–H groups in total. The maximum absolute atomic E-state index is 12.3. The third-order valence-corrected chi connectivity index (χ3v) is 3.58. The molecule has 0 amide bonds. The smallest absolute Gasteiger partial charge is 0.404 e. The van der Waals surface area contributed by atoms with Crippen LogP contribution in [0.4, 0.5) is 0 Å². The van der Waals surface area contributed by atoms with Gasteiger partial charge in [-0.3, -0.25) is 9.05 Å². The lowest BCUT2D eigenvalue weighted by molar-refractivity contribution is 0.155. The first-order valence-corrected chi connectivity index (χ1v) is 7.71. The van der Waals surface area contributed by atoms with E-state index in [0.717, 1.165) is 18.4 Å². The molecule has 0 aliphatic carbocycles. The van der Waals surface area contributed by atoms with Gasteiger partial charge < -0.3 is 4.52 Å². The first-order chi connectivity index (χ1) is 8.59. The Morgan fingerprint density at radius 3 is 1.94 bits per heavy atom. The van der Waals surface area contributed by atoms with Crippen LogP contribution in [-0.2, 0) is 13.6 Å². The zero-order valence-electron chi connectivity index (χ0n) is 11.2. The van der Waals surface area contributed by atoms with Crippen molar-refractivity contribution in [3.05, 3.63) is 29.8 Å². The van der Waals surface area contributed by atoms with Crippen LogP contribution in [0, 0.1) is 6.92 Å². The van der Waals surface area contributed by atoms with Crippen LogP contribution in [0.15, 0.2) is 24.3 Å². The van der Waals surface area contributed by atoms with Gasteiger partial charge in [0.1, 0.15) is 5.75 Å². The number of phosphoric acid groups is 1. The zero-order chi connectivity index (χ0) is 13.4. The summed E-state index contributed by atoms with van der Waals surface area (Å²) >= 11 is 0. The topological polar surface area (TPSA) is 44.8 Å². The second-order valence-corrected chi connectivity index (χ2v) is 5.61. The van der Waals surface area contributed by atoms with E-state index in [1.165, 1.54) is 0 Å². The summed E-state index contributed by atoms with van der Waals surface area (Å²) in [7, 11) is -3.49. The largest absolute Gasteiger partial charge is 0.530 e. The van der Waals surface area contributed by atoms with Gasteiger partial charge in [-0.15, -0.1) is 0 Å². The predicted molar refractivity (Wildman–Crippen MR) is 71.9 cm³/mol. The summed E-state index contributed by atoms with van der Waals surface area (Å²) in [5.41, 5.74) is 1.11. The first-order valence-electron chi connectivity index (χ1n) is 6.25. The van der Waals surface area contributed by atoms with Gasteiger partial charge in [0.05, 0.1) is 13.2 Å². The molecule has 1 aromatic rings. The van der Waals surface area contributed by atoms with E-state index in [-0.39, 0.29) is 0 Å². The molecule has 0 aliphatic heterocycles. The molecule has 0 spiro atoms. The van der Waals surface area contributed by atoms with Crippen molar-refractivity contribution in [1.29, 1.82) is 0 Å². The molecule has 1 rings (SSSR count). The lowest BCUT2D eigenvalue weighted by Crippen LogP contribution is -2.04. The quantitative estimate of drug-likeness (QED) is 0.660. The molecule has 0 bridgehead atoms. The van der Waals surface area contributed by atoms with E-state index in [2.05, 4.69) is 0 Å². The van der Waals surface area contributed by atoms with Crippen molar-refractivity contribution in [3.63, 3.8) is 0 Å². The summed E-state index contributed by atoms with van der Waals surface area (Å²) in [4.78, 5) is 0. The highest BCUT2D eigenvalue weighted by atomic mass is 31.2. The van der Waals surface area contributed by atoms with Crippen molar-refractivity contribution in [2.45, 2.75) is 33.6 Å². The number of benzene rings is 1. The van der Waals surface area contributed by atoms with Crippen LogP contribution in [0.5, 0.6) is 5.75 Å². The molecule has 5 heteroatoms. The summed E-state index contributed by atoms with van der Waals surface area (Å²) in [6.07, 6.45) is 1.52. The van der Waals surface area contributed by atoms with Gasteiger partial charge in [-0.25, -0.2) is 4.57 Å². The average Bonchev–Trinajstić information content (AvgIpc) is 2.37. The molecule has 0 aromatic heterocycles. The summed E-state index contributed by atoms with van der Waals surface area (Å²) in [5, 5.41) is 0. The molecule has 1 aromatic carbocycles. The van der Waals surface area contributed by atoms with Crippen LogP contribution >= 0.6 is 7.82 Å². The van der Waals surface area contributed by atoms with Gasteiger partial charge in [0.2, 0.25) is 0 Å². The summed E-state index contributed by atoms with van der Waals surface area (Å²) in [5.74, 6) is 0.496. The highest BCUT2D eigenvalue weighted by Gasteiger charge is 2.27. The Bertz CT molecular complexity index is 376. The fourth-order valence-electron chi connectivity index (χ4n) is 1.22. The Kier molecular flexibility index (Phi) is 6.41. The number of rotatable bonds is 8. The third-order valence-electron chi connectivity index (χ3n) is 2.15. The van der Waals surface area contributed by atoms with Crippen LogP contribution in [0.3, 0.4) is 0 Å². The van der Waals surface area contributed by atoms with E-state index in [0.29, 0.717) is 19.0 Å². The van der Waals surface area contributed by atoms with Crippen LogP contribution in [0.2, 0.25) is 0 Å². The Morgan fingerprint density at radius 2 is 1.50 bits per heavy atom. The molecule has 4 nitrogen and oxygen atoms in total. The second-order valence-electron chi connectivity index (χ2n) is 4.02. The monoisotopic (exact) mass is 272 g/mol. The minimum absolute atomic E-state index is 0.354. The van der Waals surface area contributed by atoms with Crippen LogP contribution in [-0.4, -0.2) is 13.2 Å². The molecule has 102 valence electrons. The van der Waals surface area contributed by atoms with Crippen molar-refractivity contribution in [2.75, 3.05) is 13.2 Å². The van der Waals surface area contributed by atoms with Gasteiger partial charge in [-0.05, 0) is 31.9 Å². The minimum Gasteiger partial charge on any atom is -0.404 e. The van der Waals surface area contributed by atoms with Crippen LogP contribution in [0.1, 0.15) is 32.3 Å². The lowest BCUT2D eigenvalue weighted by atomic mass is 10.2. The van der Waals surface area contributed by atoms with Crippen molar-refractivity contribution >= 4 is 7.82 Å². The normalized spacial score (nSPS) is 11.5. The second kappa shape index (κ2) is 7.57. The first kappa shape index (κ1) is 15.2. The molecular formula is C13H21O4P. The standard InChI is InChI=1S/C13H21O4P/c1-4-10-15-18(14,16-11-5-2)17-13-8-6-12(3)7-9-13/h6-9H,4-5,10-11H2,1-3H3. The zero-order valence-corrected chi connectivity index (χ0v) is 12.1. The number of hydrogen-bond acceptors (Lipinski definition) is 4. The maximum atomic E-state index is 12.3. The molecule has 0 saturated heterocycles. The third kappa shape index (κ3) is 5.21. The van der Waals surface area contributed by atoms with Gasteiger partial charge in [0.25, 0.3) is 0 Å². The molecule has 0 aliphatic rings. The molecule has 0 saturated carbocycles. The van der Waals surface area contributed by atoms with Crippen molar-refractivity contribution in [1.82, 2.24) is 0 Å². The Morgan fingerprint density at radius 1 is 1.00 bits per heavy atom. The van der Waals surface area contributed by atoms with E-state index in [1.54, 1.807) is 12.1 Å². The molecule has 0 unspecified atom stereocenters. The fraction of sp³-hybridized carbons (Fsp3) is 0.538. The van der Waals surface area contributed by atoms with Crippen LogP contribution in [0.25, 0.3) is 0 Å². The van der Waals surface area contributed by atoms with Crippen molar-refractivity contribution in [3.8, 4) is 5.75 Å². The fourth-order valence-corrected chi connectivity index (χ4v) is 2.60. The van der Waals surface area contributed by atoms with Gasteiger partial charge in [-0.1, -0.05) is 31.5 Å².